The van der Waals surface area contributed by atoms with Gasteiger partial charge in [-0.25, -0.2) is 5.10 Å². The maximum Gasteiger partial charge on any atom is 0.240 e. The monoisotopic (exact) mass is 327 g/mol. The van der Waals surface area contributed by atoms with Crippen LogP contribution in [0.2, 0.25) is 0 Å². The molecule has 2 heterocycles. The number of nitrogens with one attached hydrogen (secondary N) is 2. The van der Waals surface area contributed by atoms with Crippen molar-refractivity contribution in [1.29, 1.82) is 0 Å². The first-order chi connectivity index (χ1) is 11.5. The molecular formula is C16H17N5O3. The van der Waals surface area contributed by atoms with Crippen molar-refractivity contribution >= 4 is 23.7 Å². The normalized spacial score (nSPS) is 20.5. The lowest BCUT2D eigenvalue weighted by atomic mass is 9.81. The quantitative estimate of drug-likeness (QED) is 0.792. The maximum absolute atomic E-state index is 12.7. The molecule has 8 heteroatoms. The van der Waals surface area contributed by atoms with Gasteiger partial charge in [-0.05, 0) is 12.5 Å². The fourth-order valence-corrected chi connectivity index (χ4v) is 2.82. The van der Waals surface area contributed by atoms with Gasteiger partial charge in [0.1, 0.15) is 6.33 Å². The molecule has 0 bridgehead atoms. The van der Waals surface area contributed by atoms with Crippen LogP contribution >= 0.6 is 0 Å². The lowest BCUT2D eigenvalue weighted by molar-refractivity contribution is -0.139. The molecule has 8 nitrogen and oxygen atoms in total. The molecule has 1 atom stereocenters. The Balaban J connectivity index is 1.65. The molecule has 0 saturated carbocycles. The summed E-state index contributed by atoms with van der Waals surface area (Å²) in [4.78, 5) is 41.8. The number of aromatic nitrogens is 3. The van der Waals surface area contributed by atoms with Crippen LogP contribution in [0.15, 0.2) is 36.7 Å². The van der Waals surface area contributed by atoms with Gasteiger partial charge in [-0.15, -0.1) is 0 Å². The van der Waals surface area contributed by atoms with Gasteiger partial charge in [0.15, 0.2) is 0 Å². The Hall–Kier alpha value is -3.03. The number of anilines is 1. The van der Waals surface area contributed by atoms with Crippen LogP contribution in [-0.2, 0) is 19.8 Å². The van der Waals surface area contributed by atoms with Crippen molar-refractivity contribution in [3.8, 4) is 0 Å². The zero-order valence-electron chi connectivity index (χ0n) is 13.2. The number of H-pyrrole nitrogens is 1. The minimum Gasteiger partial charge on any atom is -0.295 e. The number of imide groups is 1. The maximum atomic E-state index is 12.7. The third kappa shape index (κ3) is 2.90. The van der Waals surface area contributed by atoms with Crippen LogP contribution in [0.3, 0.4) is 0 Å². The van der Waals surface area contributed by atoms with Crippen LogP contribution in [0.25, 0.3) is 0 Å². The van der Waals surface area contributed by atoms with Gasteiger partial charge in [-0.1, -0.05) is 30.3 Å². The molecule has 1 fully saturated rings. The number of hydrogen-bond acceptors (Lipinski definition) is 5. The van der Waals surface area contributed by atoms with Gasteiger partial charge in [0.2, 0.25) is 23.7 Å². The number of carbonyl (C=O) groups is 3. The average molecular weight is 327 g/mol. The van der Waals surface area contributed by atoms with E-state index in [1.54, 1.807) is 6.92 Å². The molecule has 1 aromatic heterocycles. The first-order valence-electron chi connectivity index (χ1n) is 7.56. The Labute approximate surface area is 138 Å². The SMILES string of the molecule is C[C@@]1(c2ccccc2)CC(=O)N(CCC(=O)Nc2ncn[nH]2)C1=O. The molecule has 3 rings (SSSR count). The van der Waals surface area contributed by atoms with Gasteiger partial charge >= 0.3 is 0 Å². The van der Waals surface area contributed by atoms with Crippen LogP contribution in [0.1, 0.15) is 25.3 Å². The summed E-state index contributed by atoms with van der Waals surface area (Å²) < 4.78 is 0. The number of likely N-dealkylation sites (tertiary alicyclic amines) is 1. The lowest BCUT2D eigenvalue weighted by Crippen LogP contribution is -2.38. The summed E-state index contributed by atoms with van der Waals surface area (Å²) >= 11 is 0. The zero-order chi connectivity index (χ0) is 17.2. The second kappa shape index (κ2) is 6.23. The molecule has 124 valence electrons. The summed E-state index contributed by atoms with van der Waals surface area (Å²) in [5, 5.41) is 8.64. The van der Waals surface area contributed by atoms with Crippen LogP contribution in [0.5, 0.6) is 0 Å². The van der Waals surface area contributed by atoms with Gasteiger partial charge in [0.05, 0.1) is 5.41 Å². The van der Waals surface area contributed by atoms with Gasteiger partial charge < -0.3 is 0 Å². The summed E-state index contributed by atoms with van der Waals surface area (Å²) in [6.07, 6.45) is 1.39. The van der Waals surface area contributed by atoms with E-state index in [-0.39, 0.29) is 43.1 Å². The zero-order valence-corrected chi connectivity index (χ0v) is 13.2. The number of amides is 3. The van der Waals surface area contributed by atoms with Crippen molar-refractivity contribution < 1.29 is 14.4 Å². The van der Waals surface area contributed by atoms with E-state index in [0.717, 1.165) is 10.5 Å². The van der Waals surface area contributed by atoms with Crippen molar-refractivity contribution in [2.75, 3.05) is 11.9 Å². The van der Waals surface area contributed by atoms with E-state index in [9.17, 15) is 14.4 Å². The second-order valence-electron chi connectivity index (χ2n) is 5.86. The van der Waals surface area contributed by atoms with E-state index < -0.39 is 5.41 Å². The molecule has 1 saturated heterocycles. The summed E-state index contributed by atoms with van der Waals surface area (Å²) in [6.45, 7) is 1.80. The molecule has 2 aromatic rings. The minimum absolute atomic E-state index is 0.00303. The first-order valence-corrected chi connectivity index (χ1v) is 7.56. The summed E-state index contributed by atoms with van der Waals surface area (Å²) in [5.41, 5.74) is -0.0725. The number of aromatic amines is 1. The van der Waals surface area contributed by atoms with Crippen molar-refractivity contribution in [2.24, 2.45) is 0 Å². The van der Waals surface area contributed by atoms with E-state index in [1.807, 2.05) is 30.3 Å². The molecule has 3 amide bonds. The molecule has 1 aliphatic heterocycles. The van der Waals surface area contributed by atoms with Crippen molar-refractivity contribution in [1.82, 2.24) is 20.1 Å². The Morgan fingerprint density at radius 3 is 2.75 bits per heavy atom. The predicted molar refractivity (Wildman–Crippen MR) is 84.8 cm³/mol. The second-order valence-corrected chi connectivity index (χ2v) is 5.86. The summed E-state index contributed by atoms with van der Waals surface area (Å²) in [6, 6.07) is 9.22. The Bertz CT molecular complexity index is 759. The van der Waals surface area contributed by atoms with Crippen LogP contribution in [-0.4, -0.2) is 44.3 Å². The molecule has 0 spiro atoms. The van der Waals surface area contributed by atoms with E-state index in [0.29, 0.717) is 0 Å². The third-order valence-electron chi connectivity index (χ3n) is 4.17. The minimum atomic E-state index is -0.875. The van der Waals surface area contributed by atoms with Crippen molar-refractivity contribution in [2.45, 2.75) is 25.2 Å². The fraction of sp³-hybridized carbons (Fsp3) is 0.312. The number of carbonyl (C=O) groups excluding carboxylic acids is 3. The van der Waals surface area contributed by atoms with Crippen LogP contribution in [0, 0.1) is 0 Å². The fourth-order valence-electron chi connectivity index (χ4n) is 2.82. The molecule has 0 radical (unpaired) electrons. The predicted octanol–water partition coefficient (Wildman–Crippen LogP) is 0.850. The smallest absolute Gasteiger partial charge is 0.240 e. The van der Waals surface area contributed by atoms with E-state index >= 15 is 0 Å². The number of nitrogens with zero attached hydrogens (tertiary/aromatic N) is 3. The third-order valence-corrected chi connectivity index (χ3v) is 4.17. The highest BCUT2D eigenvalue weighted by molar-refractivity contribution is 6.09. The largest absolute Gasteiger partial charge is 0.295 e. The Morgan fingerprint density at radius 1 is 1.33 bits per heavy atom. The highest BCUT2D eigenvalue weighted by atomic mass is 16.2. The van der Waals surface area contributed by atoms with E-state index in [2.05, 4.69) is 20.5 Å². The standard InChI is InChI=1S/C16H17N5O3/c1-16(11-5-3-2-4-6-11)9-13(23)21(14(16)24)8-7-12(22)19-15-17-10-18-20-15/h2-6,10H,7-9H2,1H3,(H2,17,18,19,20,22)/t16-/m0/s1. The molecule has 2 N–H and O–H groups in total. The van der Waals surface area contributed by atoms with E-state index in [4.69, 9.17) is 0 Å². The molecule has 1 aromatic carbocycles. The van der Waals surface area contributed by atoms with Gasteiger partial charge in [0.25, 0.3) is 0 Å². The van der Waals surface area contributed by atoms with Crippen LogP contribution in [0.4, 0.5) is 5.95 Å². The molecule has 1 aliphatic rings. The van der Waals surface area contributed by atoms with Crippen molar-refractivity contribution in [3.05, 3.63) is 42.2 Å². The average Bonchev–Trinajstić information content (AvgIpc) is 3.15. The van der Waals surface area contributed by atoms with Crippen LogP contribution < -0.4 is 5.32 Å². The summed E-state index contributed by atoms with van der Waals surface area (Å²) in [7, 11) is 0. The number of hydrogen-bond donors (Lipinski definition) is 2. The van der Waals surface area contributed by atoms with Crippen molar-refractivity contribution in [3.63, 3.8) is 0 Å². The topological polar surface area (TPSA) is 108 Å². The highest BCUT2D eigenvalue weighted by Gasteiger charge is 2.49. The Kier molecular flexibility index (Phi) is 4.11. The molecule has 0 aliphatic carbocycles. The molecular weight excluding hydrogens is 310 g/mol. The lowest BCUT2D eigenvalue weighted by Gasteiger charge is -2.22. The first kappa shape index (κ1) is 15.9. The van der Waals surface area contributed by atoms with Gasteiger partial charge in [0, 0.05) is 19.4 Å². The van der Waals surface area contributed by atoms with E-state index in [1.165, 1.54) is 6.33 Å². The number of rotatable bonds is 5. The highest BCUT2D eigenvalue weighted by Crippen LogP contribution is 2.36. The molecule has 24 heavy (non-hydrogen) atoms. The van der Waals surface area contributed by atoms with Gasteiger partial charge in [-0.3, -0.25) is 24.6 Å². The molecule has 0 unspecified atom stereocenters. The Morgan fingerprint density at radius 2 is 2.08 bits per heavy atom. The van der Waals surface area contributed by atoms with Gasteiger partial charge in [-0.2, -0.15) is 10.1 Å². The summed E-state index contributed by atoms with van der Waals surface area (Å²) in [5.74, 6) is -0.654. The number of benzene rings is 1.